The first kappa shape index (κ1) is 13.2. The Balaban J connectivity index is 2.64. The molecule has 1 aromatic rings. The van der Waals surface area contributed by atoms with Crippen molar-refractivity contribution in [1.29, 1.82) is 0 Å². The summed E-state index contributed by atoms with van der Waals surface area (Å²) in [5, 5.41) is 8.60. The van der Waals surface area contributed by atoms with E-state index < -0.39 is 9.84 Å². The van der Waals surface area contributed by atoms with E-state index in [0.717, 1.165) is 12.0 Å². The smallest absolute Gasteiger partial charge is 0.178 e. The van der Waals surface area contributed by atoms with Crippen LogP contribution >= 0.6 is 0 Å². The van der Waals surface area contributed by atoms with Gasteiger partial charge in [0.1, 0.15) is 0 Å². The van der Waals surface area contributed by atoms with Crippen molar-refractivity contribution >= 4 is 9.84 Å². The van der Waals surface area contributed by atoms with E-state index in [4.69, 9.17) is 5.11 Å². The highest BCUT2D eigenvalue weighted by Gasteiger charge is 2.13. The summed E-state index contributed by atoms with van der Waals surface area (Å²) in [6.07, 6.45) is 2.03. The molecule has 0 bridgehead atoms. The molecule has 90 valence electrons. The molecule has 0 aromatic heterocycles. The minimum Gasteiger partial charge on any atom is -0.396 e. The molecule has 0 heterocycles. The molecular weight excluding hydrogens is 224 g/mol. The molecule has 0 spiro atoms. The third-order valence-electron chi connectivity index (χ3n) is 2.42. The maximum atomic E-state index is 11.9. The molecule has 0 saturated heterocycles. The van der Waals surface area contributed by atoms with Crippen molar-refractivity contribution in [1.82, 2.24) is 0 Å². The molecule has 0 radical (unpaired) electrons. The molecule has 1 N–H and O–H groups in total. The predicted molar refractivity (Wildman–Crippen MR) is 64.2 cm³/mol. The summed E-state index contributed by atoms with van der Waals surface area (Å²) in [5.41, 5.74) is 0.955. The third-order valence-corrected chi connectivity index (χ3v) is 4.22. The average molecular weight is 242 g/mol. The van der Waals surface area contributed by atoms with Crippen molar-refractivity contribution < 1.29 is 13.5 Å². The van der Waals surface area contributed by atoms with Gasteiger partial charge in [0.15, 0.2) is 9.84 Å². The minimum absolute atomic E-state index is 0.129. The lowest BCUT2D eigenvalue weighted by Gasteiger charge is -2.04. The van der Waals surface area contributed by atoms with E-state index in [-0.39, 0.29) is 12.4 Å². The first-order chi connectivity index (χ1) is 7.56. The molecule has 1 rings (SSSR count). The Morgan fingerprint density at radius 1 is 1.19 bits per heavy atom. The predicted octanol–water partition coefficient (Wildman–Crippen LogP) is 1.93. The van der Waals surface area contributed by atoms with E-state index in [0.29, 0.717) is 17.7 Å². The molecular formula is C12H18O3S. The van der Waals surface area contributed by atoms with E-state index in [9.17, 15) is 8.42 Å². The number of aliphatic hydroxyl groups is 1. The van der Waals surface area contributed by atoms with Gasteiger partial charge in [0, 0.05) is 6.61 Å². The van der Waals surface area contributed by atoms with Gasteiger partial charge in [-0.15, -0.1) is 0 Å². The Morgan fingerprint density at radius 3 is 2.56 bits per heavy atom. The van der Waals surface area contributed by atoms with Gasteiger partial charge in [-0.1, -0.05) is 18.6 Å². The number of rotatable bonds is 6. The fraction of sp³-hybridized carbons (Fsp3) is 0.500. The summed E-state index contributed by atoms with van der Waals surface area (Å²) >= 11 is 0. The molecule has 0 atom stereocenters. The van der Waals surface area contributed by atoms with Crippen LogP contribution in [0.5, 0.6) is 0 Å². The Hall–Kier alpha value is -0.870. The van der Waals surface area contributed by atoms with E-state index in [1.807, 2.05) is 13.0 Å². The van der Waals surface area contributed by atoms with Crippen molar-refractivity contribution in [3.05, 3.63) is 29.8 Å². The first-order valence-corrected chi connectivity index (χ1v) is 7.12. The van der Waals surface area contributed by atoms with Crippen LogP contribution in [-0.4, -0.2) is 25.9 Å². The fourth-order valence-electron chi connectivity index (χ4n) is 1.51. The van der Waals surface area contributed by atoms with Gasteiger partial charge in [0.25, 0.3) is 0 Å². The van der Waals surface area contributed by atoms with Crippen molar-refractivity contribution in [2.45, 2.75) is 31.1 Å². The lowest BCUT2D eigenvalue weighted by Crippen LogP contribution is -2.07. The van der Waals surface area contributed by atoms with Crippen molar-refractivity contribution in [3.8, 4) is 0 Å². The van der Waals surface area contributed by atoms with Gasteiger partial charge in [0.05, 0.1) is 10.6 Å². The molecule has 0 aliphatic carbocycles. The van der Waals surface area contributed by atoms with E-state index in [2.05, 4.69) is 0 Å². The number of hydrogen-bond donors (Lipinski definition) is 1. The van der Waals surface area contributed by atoms with Crippen LogP contribution in [0, 0.1) is 6.92 Å². The first-order valence-electron chi connectivity index (χ1n) is 5.46. The quantitative estimate of drug-likeness (QED) is 0.775. The Morgan fingerprint density at radius 2 is 1.94 bits per heavy atom. The minimum atomic E-state index is -3.14. The zero-order valence-electron chi connectivity index (χ0n) is 9.52. The SMILES string of the molecule is Cc1cccc(S(=O)(=O)CCCCCO)c1. The summed E-state index contributed by atoms with van der Waals surface area (Å²) < 4.78 is 23.8. The number of aliphatic hydroxyl groups excluding tert-OH is 1. The topological polar surface area (TPSA) is 54.4 Å². The highest BCUT2D eigenvalue weighted by Crippen LogP contribution is 2.14. The van der Waals surface area contributed by atoms with Crippen LogP contribution in [0.2, 0.25) is 0 Å². The van der Waals surface area contributed by atoms with E-state index in [1.165, 1.54) is 0 Å². The summed E-state index contributed by atoms with van der Waals surface area (Å²) in [4.78, 5) is 0.400. The zero-order chi connectivity index (χ0) is 12.0. The van der Waals surface area contributed by atoms with Gasteiger partial charge in [-0.2, -0.15) is 0 Å². The highest BCUT2D eigenvalue weighted by atomic mass is 32.2. The second-order valence-electron chi connectivity index (χ2n) is 3.92. The van der Waals surface area contributed by atoms with Crippen LogP contribution in [0.3, 0.4) is 0 Å². The molecule has 0 aliphatic heterocycles. The van der Waals surface area contributed by atoms with E-state index >= 15 is 0 Å². The molecule has 0 aliphatic rings. The maximum absolute atomic E-state index is 11.9. The fourth-order valence-corrected chi connectivity index (χ4v) is 2.98. The molecule has 0 fully saturated rings. The normalized spacial score (nSPS) is 11.6. The Bertz CT molecular complexity index is 424. The monoisotopic (exact) mass is 242 g/mol. The van der Waals surface area contributed by atoms with Crippen molar-refractivity contribution in [3.63, 3.8) is 0 Å². The van der Waals surface area contributed by atoms with Crippen LogP contribution in [0.25, 0.3) is 0 Å². The van der Waals surface area contributed by atoms with Gasteiger partial charge in [-0.3, -0.25) is 0 Å². The maximum Gasteiger partial charge on any atom is 0.178 e. The lowest BCUT2D eigenvalue weighted by molar-refractivity contribution is 0.284. The largest absolute Gasteiger partial charge is 0.396 e. The van der Waals surface area contributed by atoms with Crippen LogP contribution in [0.4, 0.5) is 0 Å². The summed E-state index contributed by atoms with van der Waals surface area (Å²) in [7, 11) is -3.14. The number of sulfone groups is 1. The highest BCUT2D eigenvalue weighted by molar-refractivity contribution is 7.91. The standard InChI is InChI=1S/C12H18O3S/c1-11-6-5-7-12(10-11)16(14,15)9-4-2-3-8-13/h5-7,10,13H,2-4,8-9H2,1H3. The molecule has 1 aromatic carbocycles. The number of benzene rings is 1. The molecule has 0 unspecified atom stereocenters. The molecule has 0 amide bonds. The number of aryl methyl sites for hydroxylation is 1. The zero-order valence-corrected chi connectivity index (χ0v) is 10.3. The van der Waals surface area contributed by atoms with Crippen molar-refractivity contribution in [2.24, 2.45) is 0 Å². The van der Waals surface area contributed by atoms with Crippen LogP contribution in [0.15, 0.2) is 29.2 Å². The number of unbranched alkanes of at least 4 members (excludes halogenated alkanes) is 2. The van der Waals surface area contributed by atoms with Crippen LogP contribution in [0.1, 0.15) is 24.8 Å². The average Bonchev–Trinajstić information content (AvgIpc) is 2.24. The summed E-state index contributed by atoms with van der Waals surface area (Å²) in [6.45, 7) is 2.01. The van der Waals surface area contributed by atoms with Gasteiger partial charge >= 0.3 is 0 Å². The third kappa shape index (κ3) is 3.94. The van der Waals surface area contributed by atoms with Crippen LogP contribution in [-0.2, 0) is 9.84 Å². The van der Waals surface area contributed by atoms with E-state index in [1.54, 1.807) is 18.2 Å². The van der Waals surface area contributed by atoms with Gasteiger partial charge in [-0.05, 0) is 37.5 Å². The molecule has 4 heteroatoms. The summed E-state index contributed by atoms with van der Waals surface area (Å²) in [5.74, 6) is 0.163. The lowest BCUT2D eigenvalue weighted by atomic mass is 10.2. The van der Waals surface area contributed by atoms with Gasteiger partial charge in [0.2, 0.25) is 0 Å². The summed E-state index contributed by atoms with van der Waals surface area (Å²) in [6, 6.07) is 6.97. The van der Waals surface area contributed by atoms with Gasteiger partial charge in [-0.25, -0.2) is 8.42 Å². The Kier molecular flexibility index (Phi) is 4.96. The second kappa shape index (κ2) is 6.01. The molecule has 16 heavy (non-hydrogen) atoms. The second-order valence-corrected chi connectivity index (χ2v) is 6.03. The molecule has 3 nitrogen and oxygen atoms in total. The van der Waals surface area contributed by atoms with Gasteiger partial charge < -0.3 is 5.11 Å². The van der Waals surface area contributed by atoms with Crippen LogP contribution < -0.4 is 0 Å². The molecule has 0 saturated carbocycles. The Labute approximate surface area is 97.0 Å². The number of hydrogen-bond acceptors (Lipinski definition) is 3. The van der Waals surface area contributed by atoms with Crippen molar-refractivity contribution in [2.75, 3.05) is 12.4 Å².